The number of aromatic amines is 1. The summed E-state index contributed by atoms with van der Waals surface area (Å²) in [5.74, 6) is 1.82. The number of H-pyrrole nitrogens is 1. The number of ether oxygens (including phenoxy) is 1. The lowest BCUT2D eigenvalue weighted by molar-refractivity contribution is -0.118. The maximum absolute atomic E-state index is 12.2. The summed E-state index contributed by atoms with van der Waals surface area (Å²) in [4.78, 5) is 20.1. The second-order valence-corrected chi connectivity index (χ2v) is 7.40. The number of nitrogens with one attached hydrogen (secondary N) is 2. The van der Waals surface area contributed by atoms with Crippen molar-refractivity contribution in [1.29, 1.82) is 0 Å². The van der Waals surface area contributed by atoms with Crippen LogP contribution >= 0.6 is 0 Å². The lowest BCUT2D eigenvalue weighted by Crippen LogP contribution is -2.20. The number of benzene rings is 3. The summed E-state index contributed by atoms with van der Waals surface area (Å²) in [7, 11) is 0. The maximum atomic E-state index is 12.2. The van der Waals surface area contributed by atoms with E-state index in [9.17, 15) is 4.79 Å². The molecule has 5 heteroatoms. The maximum Gasteiger partial charge on any atom is 0.262 e. The molecule has 0 aliphatic rings. The van der Waals surface area contributed by atoms with Crippen molar-refractivity contribution in [3.63, 3.8) is 0 Å². The number of fused-ring (bicyclic) bond motifs is 1. The van der Waals surface area contributed by atoms with E-state index in [2.05, 4.69) is 41.3 Å². The van der Waals surface area contributed by atoms with Gasteiger partial charge in [0.2, 0.25) is 0 Å². The predicted molar refractivity (Wildman–Crippen MR) is 121 cm³/mol. The third-order valence-electron chi connectivity index (χ3n) is 5.26. The molecule has 1 amide bonds. The van der Waals surface area contributed by atoms with Gasteiger partial charge in [0, 0.05) is 11.3 Å². The second kappa shape index (κ2) is 8.82. The Morgan fingerprint density at radius 2 is 1.77 bits per heavy atom. The molecule has 4 rings (SSSR count). The number of anilines is 1. The molecule has 2 N–H and O–H groups in total. The average Bonchev–Trinajstić information content (AvgIpc) is 3.22. The van der Waals surface area contributed by atoms with Crippen LogP contribution in [0.25, 0.3) is 22.4 Å². The van der Waals surface area contributed by atoms with E-state index in [0.29, 0.717) is 11.7 Å². The molecule has 0 spiro atoms. The third-order valence-corrected chi connectivity index (χ3v) is 5.26. The van der Waals surface area contributed by atoms with Crippen molar-refractivity contribution in [1.82, 2.24) is 9.97 Å². The topological polar surface area (TPSA) is 67.0 Å². The van der Waals surface area contributed by atoms with Crippen LogP contribution in [0.1, 0.15) is 31.7 Å². The van der Waals surface area contributed by atoms with Crippen molar-refractivity contribution in [3.8, 4) is 17.1 Å². The standard InChI is InChI=1S/C25H25N3O2/c1-3-17(2)18-10-14-21(15-11-18)30-16-24(29)26-20-12-8-19(9-13-20)25-27-22-6-4-5-7-23(22)28-25/h4-15,17H,3,16H2,1-2H3,(H,26,29)(H,27,28)/t17-/m1/s1. The fraction of sp³-hybridized carbons (Fsp3) is 0.200. The van der Waals surface area contributed by atoms with Crippen molar-refractivity contribution >= 4 is 22.6 Å². The van der Waals surface area contributed by atoms with Crippen LogP contribution in [0.4, 0.5) is 5.69 Å². The quantitative estimate of drug-likeness (QED) is 0.415. The van der Waals surface area contributed by atoms with Crippen molar-refractivity contribution < 1.29 is 9.53 Å². The second-order valence-electron chi connectivity index (χ2n) is 7.40. The Hall–Kier alpha value is -3.60. The molecule has 0 radical (unpaired) electrons. The van der Waals surface area contributed by atoms with Gasteiger partial charge in [0.05, 0.1) is 11.0 Å². The molecule has 152 valence electrons. The van der Waals surface area contributed by atoms with Crippen molar-refractivity contribution in [2.75, 3.05) is 11.9 Å². The normalized spacial score (nSPS) is 11.9. The Labute approximate surface area is 176 Å². The fourth-order valence-electron chi connectivity index (χ4n) is 3.28. The fourth-order valence-corrected chi connectivity index (χ4v) is 3.28. The van der Waals surface area contributed by atoms with E-state index < -0.39 is 0 Å². The Balaban J connectivity index is 1.33. The van der Waals surface area contributed by atoms with Gasteiger partial charge in [-0.1, -0.05) is 38.1 Å². The Kier molecular flexibility index (Phi) is 5.80. The highest BCUT2D eigenvalue weighted by atomic mass is 16.5. The van der Waals surface area contributed by atoms with Crippen LogP contribution in [-0.4, -0.2) is 22.5 Å². The lowest BCUT2D eigenvalue weighted by atomic mass is 9.99. The Bertz CT molecular complexity index is 1100. The molecule has 1 aromatic heterocycles. The zero-order chi connectivity index (χ0) is 20.9. The van der Waals surface area contributed by atoms with E-state index >= 15 is 0 Å². The summed E-state index contributed by atoms with van der Waals surface area (Å²) in [6.07, 6.45) is 1.09. The third kappa shape index (κ3) is 4.51. The lowest BCUT2D eigenvalue weighted by Gasteiger charge is -2.11. The largest absolute Gasteiger partial charge is 0.484 e. The van der Waals surface area contributed by atoms with Gasteiger partial charge in [0.25, 0.3) is 5.91 Å². The first-order valence-corrected chi connectivity index (χ1v) is 10.2. The zero-order valence-electron chi connectivity index (χ0n) is 17.2. The van der Waals surface area contributed by atoms with Gasteiger partial charge in [0.1, 0.15) is 11.6 Å². The number of hydrogen-bond donors (Lipinski definition) is 2. The summed E-state index contributed by atoms with van der Waals surface area (Å²) in [6.45, 7) is 4.33. The minimum absolute atomic E-state index is 0.0337. The molecule has 0 fully saturated rings. The van der Waals surface area contributed by atoms with Crippen LogP contribution in [0.5, 0.6) is 5.75 Å². The number of aromatic nitrogens is 2. The average molecular weight is 399 g/mol. The molecule has 0 unspecified atom stereocenters. The minimum Gasteiger partial charge on any atom is -0.484 e. The van der Waals surface area contributed by atoms with Crippen LogP contribution in [0.3, 0.4) is 0 Å². The molecule has 0 saturated heterocycles. The highest BCUT2D eigenvalue weighted by Gasteiger charge is 2.08. The molecular weight excluding hydrogens is 374 g/mol. The first-order chi connectivity index (χ1) is 14.6. The summed E-state index contributed by atoms with van der Waals surface area (Å²) in [5, 5.41) is 2.86. The number of rotatable bonds is 7. The van der Waals surface area contributed by atoms with E-state index in [1.807, 2.05) is 60.7 Å². The SMILES string of the molecule is CC[C@@H](C)c1ccc(OCC(=O)Nc2ccc(-c3nc4ccccc4[nH]3)cc2)cc1. The van der Waals surface area contributed by atoms with E-state index in [1.54, 1.807) is 0 Å². The summed E-state index contributed by atoms with van der Waals surface area (Å²) < 4.78 is 5.61. The summed E-state index contributed by atoms with van der Waals surface area (Å²) in [5.41, 5.74) is 4.88. The van der Waals surface area contributed by atoms with Crippen LogP contribution in [0.15, 0.2) is 72.8 Å². The van der Waals surface area contributed by atoms with E-state index in [1.165, 1.54) is 5.56 Å². The van der Waals surface area contributed by atoms with Crippen LogP contribution in [-0.2, 0) is 4.79 Å². The van der Waals surface area contributed by atoms with Crippen LogP contribution < -0.4 is 10.1 Å². The molecule has 4 aromatic rings. The number of nitrogens with zero attached hydrogens (tertiary/aromatic N) is 1. The number of imidazole rings is 1. The van der Waals surface area contributed by atoms with Crippen LogP contribution in [0, 0.1) is 0 Å². The molecule has 0 aliphatic carbocycles. The highest BCUT2D eigenvalue weighted by molar-refractivity contribution is 5.92. The number of carbonyl (C=O) groups is 1. The Morgan fingerprint density at radius 1 is 1.03 bits per heavy atom. The minimum atomic E-state index is -0.197. The van der Waals surface area contributed by atoms with Crippen molar-refractivity contribution in [3.05, 3.63) is 78.4 Å². The van der Waals surface area contributed by atoms with Gasteiger partial charge in [-0.25, -0.2) is 4.98 Å². The summed E-state index contributed by atoms with van der Waals surface area (Å²) >= 11 is 0. The molecule has 1 atom stereocenters. The van der Waals surface area contributed by atoms with Gasteiger partial charge in [-0.3, -0.25) is 4.79 Å². The van der Waals surface area contributed by atoms with E-state index in [-0.39, 0.29) is 12.5 Å². The molecule has 0 saturated carbocycles. The smallest absolute Gasteiger partial charge is 0.262 e. The molecule has 3 aromatic carbocycles. The number of hydrogen-bond acceptors (Lipinski definition) is 3. The van der Waals surface area contributed by atoms with Gasteiger partial charge >= 0.3 is 0 Å². The Morgan fingerprint density at radius 3 is 2.47 bits per heavy atom. The number of amides is 1. The monoisotopic (exact) mass is 399 g/mol. The van der Waals surface area contributed by atoms with Crippen LogP contribution in [0.2, 0.25) is 0 Å². The van der Waals surface area contributed by atoms with Crippen molar-refractivity contribution in [2.45, 2.75) is 26.2 Å². The molecule has 1 heterocycles. The molecule has 0 aliphatic heterocycles. The zero-order valence-corrected chi connectivity index (χ0v) is 17.2. The van der Waals surface area contributed by atoms with Gasteiger partial charge in [-0.2, -0.15) is 0 Å². The van der Waals surface area contributed by atoms with Gasteiger partial charge in [0.15, 0.2) is 6.61 Å². The number of carbonyl (C=O) groups excluding carboxylic acids is 1. The molecule has 0 bridgehead atoms. The van der Waals surface area contributed by atoms with Gasteiger partial charge in [-0.05, 0) is 66.4 Å². The predicted octanol–water partition coefficient (Wildman–Crippen LogP) is 5.76. The molecular formula is C25H25N3O2. The van der Waals surface area contributed by atoms with E-state index in [4.69, 9.17) is 4.74 Å². The summed E-state index contributed by atoms with van der Waals surface area (Å²) in [6, 6.07) is 23.4. The van der Waals surface area contributed by atoms with E-state index in [0.717, 1.165) is 34.5 Å². The first-order valence-electron chi connectivity index (χ1n) is 10.2. The van der Waals surface area contributed by atoms with Gasteiger partial charge in [-0.15, -0.1) is 0 Å². The first kappa shape index (κ1) is 19.7. The number of para-hydroxylation sites is 2. The molecule has 5 nitrogen and oxygen atoms in total. The van der Waals surface area contributed by atoms with Gasteiger partial charge < -0.3 is 15.0 Å². The van der Waals surface area contributed by atoms with Crippen molar-refractivity contribution in [2.24, 2.45) is 0 Å². The molecule has 30 heavy (non-hydrogen) atoms. The highest BCUT2D eigenvalue weighted by Crippen LogP contribution is 2.23.